The van der Waals surface area contributed by atoms with Crippen LogP contribution in [0.3, 0.4) is 0 Å². The largest absolute Gasteiger partial charge is 0.494 e. The van der Waals surface area contributed by atoms with Gasteiger partial charge in [-0.15, -0.1) is 0 Å². The number of unbranched alkanes of at least 4 members (excludes halogenated alkanes) is 4. The molecule has 0 radical (unpaired) electrons. The molecule has 0 fully saturated rings. The summed E-state index contributed by atoms with van der Waals surface area (Å²) >= 11 is 5.31. The van der Waals surface area contributed by atoms with Gasteiger partial charge in [-0.3, -0.25) is 10.1 Å². The minimum absolute atomic E-state index is 0.220. The highest BCUT2D eigenvalue weighted by molar-refractivity contribution is 7.80. The standard InChI is InChI=1S/C28H32N2O3S/c1-2-3-4-5-9-19-32-25-17-15-23(16-18-25)27(31)30-28(34)29-24-13-10-14-26(20-24)33-21-22-11-7-6-8-12-22/h6-8,10-18,20H,2-5,9,19,21H2,1H3,(H2,29,30,31,34). The van der Waals surface area contributed by atoms with Crippen LogP contribution in [-0.2, 0) is 6.61 Å². The Balaban J connectivity index is 1.43. The molecule has 0 saturated carbocycles. The van der Waals surface area contributed by atoms with Crippen molar-refractivity contribution in [2.45, 2.75) is 45.6 Å². The first kappa shape index (κ1) is 25.2. The zero-order valence-electron chi connectivity index (χ0n) is 19.6. The fourth-order valence-corrected chi connectivity index (χ4v) is 3.55. The summed E-state index contributed by atoms with van der Waals surface area (Å²) in [5, 5.41) is 5.97. The summed E-state index contributed by atoms with van der Waals surface area (Å²) in [5.74, 6) is 1.20. The number of anilines is 1. The van der Waals surface area contributed by atoms with Crippen LogP contribution in [0, 0.1) is 0 Å². The van der Waals surface area contributed by atoms with Gasteiger partial charge in [0, 0.05) is 17.3 Å². The smallest absolute Gasteiger partial charge is 0.257 e. The van der Waals surface area contributed by atoms with Crippen LogP contribution >= 0.6 is 12.2 Å². The van der Waals surface area contributed by atoms with E-state index in [1.54, 1.807) is 12.1 Å². The maximum Gasteiger partial charge on any atom is 0.257 e. The van der Waals surface area contributed by atoms with Gasteiger partial charge in [-0.05, 0) is 60.6 Å². The van der Waals surface area contributed by atoms with E-state index < -0.39 is 0 Å². The number of benzene rings is 3. The number of amides is 1. The van der Waals surface area contributed by atoms with Crippen molar-refractivity contribution in [2.24, 2.45) is 0 Å². The molecule has 3 aromatic carbocycles. The van der Waals surface area contributed by atoms with Gasteiger partial charge in [0.25, 0.3) is 5.91 Å². The molecule has 34 heavy (non-hydrogen) atoms. The van der Waals surface area contributed by atoms with Crippen LogP contribution in [0.15, 0.2) is 78.9 Å². The second-order valence-corrected chi connectivity index (χ2v) is 8.41. The Morgan fingerprint density at radius 1 is 0.824 bits per heavy atom. The summed E-state index contributed by atoms with van der Waals surface area (Å²) in [4.78, 5) is 12.5. The molecule has 0 spiro atoms. The Hall–Kier alpha value is -3.38. The van der Waals surface area contributed by atoms with Crippen molar-refractivity contribution in [2.75, 3.05) is 11.9 Å². The molecule has 3 rings (SSSR count). The summed E-state index contributed by atoms with van der Waals surface area (Å²) in [7, 11) is 0. The van der Waals surface area contributed by atoms with E-state index in [0.717, 1.165) is 23.4 Å². The van der Waals surface area contributed by atoms with Crippen molar-refractivity contribution in [1.29, 1.82) is 0 Å². The summed E-state index contributed by atoms with van der Waals surface area (Å²) in [5.41, 5.74) is 2.34. The van der Waals surface area contributed by atoms with Crippen molar-refractivity contribution in [1.82, 2.24) is 5.32 Å². The van der Waals surface area contributed by atoms with Crippen LogP contribution in [-0.4, -0.2) is 17.6 Å². The molecule has 0 aliphatic rings. The zero-order chi connectivity index (χ0) is 24.0. The van der Waals surface area contributed by atoms with E-state index in [-0.39, 0.29) is 11.0 Å². The third-order valence-corrected chi connectivity index (χ3v) is 5.40. The third kappa shape index (κ3) is 8.87. The molecule has 2 N–H and O–H groups in total. The monoisotopic (exact) mass is 476 g/mol. The summed E-state index contributed by atoms with van der Waals surface area (Å²) in [6.45, 7) is 3.37. The highest BCUT2D eigenvalue weighted by Gasteiger charge is 2.09. The molecule has 178 valence electrons. The SMILES string of the molecule is CCCCCCCOc1ccc(C(=O)NC(=S)Nc2cccc(OCc3ccccc3)c2)cc1. The molecule has 0 saturated heterocycles. The van der Waals surface area contributed by atoms with Gasteiger partial charge in [0.05, 0.1) is 6.61 Å². The zero-order valence-corrected chi connectivity index (χ0v) is 20.4. The Labute approximate surface area is 207 Å². The van der Waals surface area contributed by atoms with Crippen LogP contribution in [0.5, 0.6) is 11.5 Å². The molecule has 0 heterocycles. The van der Waals surface area contributed by atoms with Gasteiger partial charge in [0.2, 0.25) is 0 Å². The predicted molar refractivity (Wildman–Crippen MR) is 142 cm³/mol. The lowest BCUT2D eigenvalue weighted by molar-refractivity contribution is 0.0977. The average Bonchev–Trinajstić information content (AvgIpc) is 2.86. The van der Waals surface area contributed by atoms with Crippen molar-refractivity contribution in [3.05, 3.63) is 90.0 Å². The Morgan fingerprint density at radius 3 is 2.35 bits per heavy atom. The number of rotatable bonds is 12. The summed E-state index contributed by atoms with van der Waals surface area (Å²) < 4.78 is 11.6. The second-order valence-electron chi connectivity index (χ2n) is 8.00. The number of ether oxygens (including phenoxy) is 2. The fraction of sp³-hybridized carbons (Fsp3) is 0.286. The van der Waals surface area contributed by atoms with E-state index in [1.807, 2.05) is 66.7 Å². The molecule has 1 amide bonds. The first-order valence-corrected chi connectivity index (χ1v) is 12.2. The molecule has 0 unspecified atom stereocenters. The van der Waals surface area contributed by atoms with E-state index in [0.29, 0.717) is 24.5 Å². The number of nitrogens with one attached hydrogen (secondary N) is 2. The van der Waals surface area contributed by atoms with Gasteiger partial charge >= 0.3 is 0 Å². The van der Waals surface area contributed by atoms with Crippen LogP contribution < -0.4 is 20.1 Å². The lowest BCUT2D eigenvalue weighted by Crippen LogP contribution is -2.34. The fourth-order valence-electron chi connectivity index (χ4n) is 3.34. The minimum Gasteiger partial charge on any atom is -0.494 e. The molecule has 0 bridgehead atoms. The van der Waals surface area contributed by atoms with Gasteiger partial charge in [0.15, 0.2) is 5.11 Å². The van der Waals surface area contributed by atoms with Crippen LogP contribution in [0.4, 0.5) is 5.69 Å². The normalized spacial score (nSPS) is 10.4. The van der Waals surface area contributed by atoms with E-state index >= 15 is 0 Å². The van der Waals surface area contributed by atoms with Gasteiger partial charge in [0.1, 0.15) is 18.1 Å². The summed E-state index contributed by atoms with van der Waals surface area (Å²) in [6, 6.07) is 24.5. The third-order valence-electron chi connectivity index (χ3n) is 5.20. The number of thiocarbonyl (C=S) groups is 1. The van der Waals surface area contributed by atoms with Crippen molar-refractivity contribution in [3.63, 3.8) is 0 Å². The minimum atomic E-state index is -0.278. The molecule has 0 atom stereocenters. The molecule has 0 aromatic heterocycles. The van der Waals surface area contributed by atoms with E-state index in [9.17, 15) is 4.79 Å². The van der Waals surface area contributed by atoms with Gasteiger partial charge in [-0.25, -0.2) is 0 Å². The highest BCUT2D eigenvalue weighted by atomic mass is 32.1. The van der Waals surface area contributed by atoms with Crippen molar-refractivity contribution < 1.29 is 14.3 Å². The number of carbonyl (C=O) groups excluding carboxylic acids is 1. The Morgan fingerprint density at radius 2 is 1.59 bits per heavy atom. The molecule has 3 aromatic rings. The molecule has 5 nitrogen and oxygen atoms in total. The van der Waals surface area contributed by atoms with Gasteiger partial charge in [-0.1, -0.05) is 69.0 Å². The topological polar surface area (TPSA) is 59.6 Å². The lowest BCUT2D eigenvalue weighted by Gasteiger charge is -2.12. The molecule has 0 aliphatic carbocycles. The van der Waals surface area contributed by atoms with E-state index in [4.69, 9.17) is 21.7 Å². The van der Waals surface area contributed by atoms with Crippen LogP contribution in [0.25, 0.3) is 0 Å². The first-order chi connectivity index (χ1) is 16.6. The maximum absolute atomic E-state index is 12.5. The number of hydrogen-bond donors (Lipinski definition) is 2. The maximum atomic E-state index is 12.5. The number of hydrogen-bond acceptors (Lipinski definition) is 4. The predicted octanol–water partition coefficient (Wildman–Crippen LogP) is 6.74. The van der Waals surface area contributed by atoms with Crippen molar-refractivity contribution >= 4 is 28.9 Å². The lowest BCUT2D eigenvalue weighted by atomic mass is 10.2. The quantitative estimate of drug-likeness (QED) is 0.224. The summed E-state index contributed by atoms with van der Waals surface area (Å²) in [6.07, 6.45) is 5.98. The Kier molecular flexibility index (Phi) is 10.4. The molecular formula is C28H32N2O3S. The highest BCUT2D eigenvalue weighted by Crippen LogP contribution is 2.19. The van der Waals surface area contributed by atoms with E-state index in [1.165, 1.54) is 25.7 Å². The van der Waals surface area contributed by atoms with Gasteiger partial charge < -0.3 is 14.8 Å². The molecule has 6 heteroatoms. The Bertz CT molecular complexity index is 1040. The average molecular weight is 477 g/mol. The van der Waals surface area contributed by atoms with Crippen LogP contribution in [0.1, 0.15) is 54.9 Å². The van der Waals surface area contributed by atoms with Gasteiger partial charge in [-0.2, -0.15) is 0 Å². The second kappa shape index (κ2) is 14.0. The first-order valence-electron chi connectivity index (χ1n) is 11.8. The molecular weight excluding hydrogens is 444 g/mol. The molecule has 0 aliphatic heterocycles. The van der Waals surface area contributed by atoms with Crippen LogP contribution in [0.2, 0.25) is 0 Å². The number of carbonyl (C=O) groups is 1. The van der Waals surface area contributed by atoms with Crippen molar-refractivity contribution in [3.8, 4) is 11.5 Å². The van der Waals surface area contributed by atoms with E-state index in [2.05, 4.69) is 17.6 Å².